The van der Waals surface area contributed by atoms with E-state index >= 15 is 0 Å². The lowest BCUT2D eigenvalue weighted by Crippen LogP contribution is -2.17. The number of hydrogen-bond acceptors (Lipinski definition) is 3. The lowest BCUT2D eigenvalue weighted by molar-refractivity contribution is 0.102. The van der Waals surface area contributed by atoms with Gasteiger partial charge >= 0.3 is 0 Å². The smallest absolute Gasteiger partial charge is 0.256 e. The zero-order chi connectivity index (χ0) is 19.1. The molecule has 1 aliphatic rings. The first kappa shape index (κ1) is 17.7. The number of aromatic nitrogens is 2. The molecule has 1 aromatic heterocycles. The number of carbonyl (C=O) groups excluding carboxylic acids is 1. The van der Waals surface area contributed by atoms with Crippen LogP contribution >= 0.6 is 0 Å². The average Bonchev–Trinajstić information content (AvgIpc) is 3.14. The minimum Gasteiger partial charge on any atom is -0.306 e. The Labute approximate surface area is 160 Å². The standard InChI is InChI=1S/C21H21N3O2S/c1-13-6-4-8-16(10-13)21(25)22-20-17-11-27(26)12-18(17)23-24(20)19-9-5-7-14(2)15(19)3/h4-10H,11-12H2,1-3H3,(H,22,25). The number of nitrogens with zero attached hydrogens (tertiary/aromatic N) is 2. The largest absolute Gasteiger partial charge is 0.306 e. The molecule has 2 heterocycles. The van der Waals surface area contributed by atoms with Crippen LogP contribution in [0.15, 0.2) is 42.5 Å². The average molecular weight is 379 g/mol. The molecular formula is C21H21N3O2S. The van der Waals surface area contributed by atoms with Crippen LogP contribution in [0.3, 0.4) is 0 Å². The van der Waals surface area contributed by atoms with Gasteiger partial charge in [-0.2, -0.15) is 5.10 Å². The monoisotopic (exact) mass is 379 g/mol. The van der Waals surface area contributed by atoms with Crippen LogP contribution in [-0.4, -0.2) is 19.9 Å². The third-order valence-corrected chi connectivity index (χ3v) is 6.19. The zero-order valence-corrected chi connectivity index (χ0v) is 16.4. The highest BCUT2D eigenvalue weighted by Gasteiger charge is 2.29. The molecule has 0 fully saturated rings. The van der Waals surface area contributed by atoms with Crippen molar-refractivity contribution in [3.8, 4) is 5.69 Å². The first-order chi connectivity index (χ1) is 12.9. The van der Waals surface area contributed by atoms with Crippen LogP contribution in [0, 0.1) is 20.8 Å². The van der Waals surface area contributed by atoms with Crippen LogP contribution in [0.4, 0.5) is 5.82 Å². The maximum atomic E-state index is 12.9. The second-order valence-electron chi connectivity index (χ2n) is 6.96. The lowest BCUT2D eigenvalue weighted by Gasteiger charge is -2.14. The molecule has 138 valence electrons. The van der Waals surface area contributed by atoms with Crippen molar-refractivity contribution in [2.45, 2.75) is 32.3 Å². The number of benzene rings is 2. The number of hydrogen-bond donors (Lipinski definition) is 1. The Bertz CT molecular complexity index is 1090. The number of nitrogens with one attached hydrogen (secondary N) is 1. The van der Waals surface area contributed by atoms with Gasteiger partial charge in [0.2, 0.25) is 0 Å². The quantitative estimate of drug-likeness (QED) is 0.753. The van der Waals surface area contributed by atoms with Gasteiger partial charge in [0.15, 0.2) is 0 Å². The van der Waals surface area contributed by atoms with Crippen molar-refractivity contribution in [2.24, 2.45) is 0 Å². The van der Waals surface area contributed by atoms with Crippen LogP contribution in [0.5, 0.6) is 0 Å². The van der Waals surface area contributed by atoms with Crippen LogP contribution in [-0.2, 0) is 22.3 Å². The Balaban J connectivity index is 1.80. The van der Waals surface area contributed by atoms with Crippen molar-refractivity contribution >= 4 is 22.5 Å². The molecule has 5 nitrogen and oxygen atoms in total. The van der Waals surface area contributed by atoms with Gasteiger partial charge < -0.3 is 5.32 Å². The highest BCUT2D eigenvalue weighted by Crippen LogP contribution is 2.33. The van der Waals surface area contributed by atoms with E-state index in [-0.39, 0.29) is 5.91 Å². The van der Waals surface area contributed by atoms with Crippen LogP contribution in [0.2, 0.25) is 0 Å². The Hall–Kier alpha value is -2.73. The van der Waals surface area contributed by atoms with Gasteiger partial charge in [0.05, 0.1) is 22.9 Å². The maximum Gasteiger partial charge on any atom is 0.256 e. The van der Waals surface area contributed by atoms with E-state index in [2.05, 4.69) is 23.4 Å². The van der Waals surface area contributed by atoms with E-state index < -0.39 is 10.8 Å². The topological polar surface area (TPSA) is 64.0 Å². The first-order valence-electron chi connectivity index (χ1n) is 8.84. The number of aryl methyl sites for hydroxylation is 2. The third-order valence-electron chi connectivity index (χ3n) is 4.99. The first-order valence-corrected chi connectivity index (χ1v) is 10.3. The van der Waals surface area contributed by atoms with Crippen molar-refractivity contribution in [1.29, 1.82) is 0 Å². The Morgan fingerprint density at radius 2 is 1.89 bits per heavy atom. The molecule has 0 aliphatic carbocycles. The fourth-order valence-corrected chi connectivity index (χ4v) is 4.63. The van der Waals surface area contributed by atoms with Crippen molar-refractivity contribution < 1.29 is 9.00 Å². The molecule has 4 rings (SSSR count). The fourth-order valence-electron chi connectivity index (χ4n) is 3.36. The second kappa shape index (κ2) is 6.78. The lowest BCUT2D eigenvalue weighted by atomic mass is 10.1. The Kier molecular flexibility index (Phi) is 4.44. The highest BCUT2D eigenvalue weighted by molar-refractivity contribution is 7.83. The molecule has 0 saturated carbocycles. The molecule has 0 spiro atoms. The van der Waals surface area contributed by atoms with E-state index in [0.717, 1.165) is 33.6 Å². The molecule has 6 heteroatoms. The van der Waals surface area contributed by atoms with Crippen molar-refractivity contribution in [2.75, 3.05) is 5.32 Å². The minimum absolute atomic E-state index is 0.189. The van der Waals surface area contributed by atoms with Crippen molar-refractivity contribution in [1.82, 2.24) is 9.78 Å². The molecule has 1 unspecified atom stereocenters. The molecular weight excluding hydrogens is 358 g/mol. The second-order valence-corrected chi connectivity index (χ2v) is 8.41. The summed E-state index contributed by atoms with van der Waals surface area (Å²) in [5.41, 5.74) is 6.47. The highest BCUT2D eigenvalue weighted by atomic mass is 32.2. The molecule has 2 aromatic carbocycles. The number of amides is 1. The predicted molar refractivity (Wildman–Crippen MR) is 108 cm³/mol. The third kappa shape index (κ3) is 3.21. The van der Waals surface area contributed by atoms with Crippen LogP contribution < -0.4 is 5.32 Å². The van der Waals surface area contributed by atoms with Gasteiger partial charge in [0.25, 0.3) is 5.91 Å². The van der Waals surface area contributed by atoms with Gasteiger partial charge in [0, 0.05) is 21.9 Å². The molecule has 27 heavy (non-hydrogen) atoms. The summed E-state index contributed by atoms with van der Waals surface area (Å²) >= 11 is 0. The van der Waals surface area contributed by atoms with Crippen molar-refractivity contribution in [3.05, 3.63) is 76.0 Å². The van der Waals surface area contributed by atoms with E-state index in [1.807, 2.05) is 44.2 Å². The van der Waals surface area contributed by atoms with E-state index in [9.17, 15) is 9.00 Å². The minimum atomic E-state index is -0.963. The Morgan fingerprint density at radius 3 is 2.67 bits per heavy atom. The van der Waals surface area contributed by atoms with E-state index in [1.54, 1.807) is 10.7 Å². The maximum absolute atomic E-state index is 12.9. The molecule has 0 bridgehead atoms. The normalized spacial score (nSPS) is 15.6. The molecule has 0 radical (unpaired) electrons. The number of anilines is 1. The number of fused-ring (bicyclic) bond motifs is 1. The summed E-state index contributed by atoms with van der Waals surface area (Å²) in [7, 11) is -0.963. The summed E-state index contributed by atoms with van der Waals surface area (Å²) in [6.07, 6.45) is 0. The van der Waals surface area contributed by atoms with E-state index in [0.29, 0.717) is 22.9 Å². The molecule has 0 saturated heterocycles. The van der Waals surface area contributed by atoms with E-state index in [4.69, 9.17) is 0 Å². The van der Waals surface area contributed by atoms with Gasteiger partial charge in [-0.25, -0.2) is 4.68 Å². The SMILES string of the molecule is Cc1cccc(C(=O)Nc2c3c(nn2-c2cccc(C)c2C)CS(=O)C3)c1. The molecule has 1 amide bonds. The van der Waals surface area contributed by atoms with Gasteiger partial charge in [0.1, 0.15) is 5.82 Å². The van der Waals surface area contributed by atoms with E-state index in [1.165, 1.54) is 0 Å². The van der Waals surface area contributed by atoms with Gasteiger partial charge in [-0.1, -0.05) is 29.8 Å². The fraction of sp³-hybridized carbons (Fsp3) is 0.238. The van der Waals surface area contributed by atoms with Crippen LogP contribution in [0.1, 0.15) is 38.3 Å². The van der Waals surface area contributed by atoms with Gasteiger partial charge in [-0.3, -0.25) is 9.00 Å². The summed E-state index contributed by atoms with van der Waals surface area (Å²) in [5, 5.41) is 7.71. The number of carbonyl (C=O) groups is 1. The summed E-state index contributed by atoms with van der Waals surface area (Å²) in [5.74, 6) is 1.28. The van der Waals surface area contributed by atoms with Crippen molar-refractivity contribution in [3.63, 3.8) is 0 Å². The molecule has 1 atom stereocenters. The predicted octanol–water partition coefficient (Wildman–Crippen LogP) is 3.81. The zero-order valence-electron chi connectivity index (χ0n) is 15.6. The van der Waals surface area contributed by atoms with Gasteiger partial charge in [-0.05, 0) is 50.1 Å². The molecule has 3 aromatic rings. The summed E-state index contributed by atoms with van der Waals surface area (Å²) in [4.78, 5) is 12.9. The molecule has 1 N–H and O–H groups in total. The molecule has 1 aliphatic heterocycles. The summed E-state index contributed by atoms with van der Waals surface area (Å²) in [6.45, 7) is 6.05. The summed E-state index contributed by atoms with van der Waals surface area (Å²) in [6, 6.07) is 13.5. The van der Waals surface area contributed by atoms with Crippen LogP contribution in [0.25, 0.3) is 5.69 Å². The Morgan fingerprint density at radius 1 is 1.11 bits per heavy atom. The summed E-state index contributed by atoms with van der Waals surface area (Å²) < 4.78 is 13.8. The van der Waals surface area contributed by atoms with Gasteiger partial charge in [-0.15, -0.1) is 0 Å². The number of rotatable bonds is 3.